The summed E-state index contributed by atoms with van der Waals surface area (Å²) in [4.78, 5) is 12.0. The highest BCUT2D eigenvalue weighted by Crippen LogP contribution is 2.22. The van der Waals surface area contributed by atoms with E-state index in [0.29, 0.717) is 17.4 Å². The SMILES string of the molecule is O=C(COc1ccc(-c2ccccc2)cc1)N/N=C/c1ccc(OCc2ccc(Cl)cc2)cc1. The molecule has 170 valence electrons. The molecular formula is C28H23ClN2O3. The summed E-state index contributed by atoms with van der Waals surface area (Å²) in [5.41, 5.74) is 6.55. The van der Waals surface area contributed by atoms with Crippen LogP contribution in [-0.2, 0) is 11.4 Å². The first kappa shape index (κ1) is 23.1. The molecule has 0 spiro atoms. The number of carbonyl (C=O) groups excluding carboxylic acids is 1. The number of hydrogen-bond donors (Lipinski definition) is 1. The molecule has 4 rings (SSSR count). The second-order valence-electron chi connectivity index (χ2n) is 7.46. The van der Waals surface area contributed by atoms with Crippen LogP contribution in [0.25, 0.3) is 11.1 Å². The Hall–Kier alpha value is -4.09. The van der Waals surface area contributed by atoms with Crippen molar-refractivity contribution in [2.45, 2.75) is 6.61 Å². The van der Waals surface area contributed by atoms with Gasteiger partial charge in [-0.2, -0.15) is 5.10 Å². The number of hydrazone groups is 1. The van der Waals surface area contributed by atoms with Gasteiger partial charge in [0.2, 0.25) is 0 Å². The fraction of sp³-hybridized carbons (Fsp3) is 0.0714. The van der Waals surface area contributed by atoms with E-state index in [1.165, 1.54) is 0 Å². The molecule has 0 radical (unpaired) electrons. The maximum absolute atomic E-state index is 12.0. The second-order valence-corrected chi connectivity index (χ2v) is 7.89. The van der Waals surface area contributed by atoms with E-state index in [2.05, 4.69) is 10.5 Å². The van der Waals surface area contributed by atoms with Crippen molar-refractivity contribution in [2.75, 3.05) is 6.61 Å². The van der Waals surface area contributed by atoms with Crippen molar-refractivity contribution in [3.63, 3.8) is 0 Å². The maximum atomic E-state index is 12.0. The number of hydrogen-bond acceptors (Lipinski definition) is 4. The van der Waals surface area contributed by atoms with Gasteiger partial charge in [0, 0.05) is 5.02 Å². The van der Waals surface area contributed by atoms with Gasteiger partial charge in [-0.15, -0.1) is 0 Å². The Morgan fingerprint density at radius 1 is 0.765 bits per heavy atom. The highest BCUT2D eigenvalue weighted by molar-refractivity contribution is 6.30. The van der Waals surface area contributed by atoms with Crippen LogP contribution < -0.4 is 14.9 Å². The van der Waals surface area contributed by atoms with E-state index in [0.717, 1.165) is 28.0 Å². The Bertz CT molecular complexity index is 1220. The van der Waals surface area contributed by atoms with Gasteiger partial charge in [0.05, 0.1) is 6.21 Å². The van der Waals surface area contributed by atoms with Crippen molar-refractivity contribution in [2.24, 2.45) is 5.10 Å². The average molecular weight is 471 g/mol. The average Bonchev–Trinajstić information content (AvgIpc) is 2.89. The van der Waals surface area contributed by atoms with E-state index in [1.807, 2.05) is 103 Å². The van der Waals surface area contributed by atoms with E-state index in [1.54, 1.807) is 6.21 Å². The maximum Gasteiger partial charge on any atom is 0.277 e. The summed E-state index contributed by atoms with van der Waals surface area (Å²) >= 11 is 5.89. The van der Waals surface area contributed by atoms with Crippen molar-refractivity contribution in [3.8, 4) is 22.6 Å². The smallest absolute Gasteiger partial charge is 0.277 e. The molecule has 4 aromatic carbocycles. The first-order chi connectivity index (χ1) is 16.7. The molecule has 34 heavy (non-hydrogen) atoms. The van der Waals surface area contributed by atoms with Crippen LogP contribution in [0.5, 0.6) is 11.5 Å². The highest BCUT2D eigenvalue weighted by Gasteiger charge is 2.03. The van der Waals surface area contributed by atoms with E-state index in [-0.39, 0.29) is 12.5 Å². The van der Waals surface area contributed by atoms with Crippen LogP contribution in [0, 0.1) is 0 Å². The Kier molecular flexibility index (Phi) is 7.93. The number of carbonyl (C=O) groups is 1. The number of benzene rings is 4. The third-order valence-electron chi connectivity index (χ3n) is 4.93. The highest BCUT2D eigenvalue weighted by atomic mass is 35.5. The number of rotatable bonds is 9. The minimum Gasteiger partial charge on any atom is -0.489 e. The summed E-state index contributed by atoms with van der Waals surface area (Å²) in [6.45, 7) is 0.329. The molecule has 0 aromatic heterocycles. The topological polar surface area (TPSA) is 59.9 Å². The largest absolute Gasteiger partial charge is 0.489 e. The second kappa shape index (κ2) is 11.7. The number of nitrogens with one attached hydrogen (secondary N) is 1. The molecular weight excluding hydrogens is 448 g/mol. The van der Waals surface area contributed by atoms with Crippen LogP contribution in [0.3, 0.4) is 0 Å². The number of nitrogens with zero attached hydrogens (tertiary/aromatic N) is 1. The van der Waals surface area contributed by atoms with E-state index in [9.17, 15) is 4.79 Å². The predicted octanol–water partition coefficient (Wildman–Crippen LogP) is 6.12. The Labute approximate surface area is 203 Å². The minimum atomic E-state index is -0.341. The van der Waals surface area contributed by atoms with Gasteiger partial charge in [0.15, 0.2) is 6.61 Å². The third kappa shape index (κ3) is 6.95. The standard InChI is InChI=1S/C28H23ClN2O3/c29-25-12-6-22(7-13-25)19-33-26-14-8-21(9-15-26)18-30-31-28(32)20-34-27-16-10-24(11-17-27)23-4-2-1-3-5-23/h1-18H,19-20H2,(H,31,32)/b30-18+. The fourth-order valence-corrected chi connectivity index (χ4v) is 3.26. The lowest BCUT2D eigenvalue weighted by atomic mass is 10.1. The lowest BCUT2D eigenvalue weighted by molar-refractivity contribution is -0.123. The third-order valence-corrected chi connectivity index (χ3v) is 5.19. The van der Waals surface area contributed by atoms with Gasteiger partial charge >= 0.3 is 0 Å². The molecule has 0 bridgehead atoms. The lowest BCUT2D eigenvalue weighted by Crippen LogP contribution is -2.24. The van der Waals surface area contributed by atoms with Crippen molar-refractivity contribution >= 4 is 23.7 Å². The molecule has 0 heterocycles. The van der Waals surface area contributed by atoms with Gasteiger partial charge in [-0.1, -0.05) is 66.2 Å². The van der Waals surface area contributed by atoms with Gasteiger partial charge in [0.1, 0.15) is 18.1 Å². The van der Waals surface area contributed by atoms with Crippen LogP contribution in [-0.4, -0.2) is 18.7 Å². The fourth-order valence-electron chi connectivity index (χ4n) is 3.13. The van der Waals surface area contributed by atoms with Crippen LogP contribution in [0.1, 0.15) is 11.1 Å². The van der Waals surface area contributed by atoms with Gasteiger partial charge < -0.3 is 9.47 Å². The van der Waals surface area contributed by atoms with Crippen molar-refractivity contribution in [1.82, 2.24) is 5.43 Å². The molecule has 1 amide bonds. The Morgan fingerprint density at radius 2 is 1.38 bits per heavy atom. The molecule has 5 nitrogen and oxygen atoms in total. The lowest BCUT2D eigenvalue weighted by Gasteiger charge is -2.07. The molecule has 0 saturated heterocycles. The van der Waals surface area contributed by atoms with Gasteiger partial charge in [-0.05, 0) is 70.8 Å². The number of amides is 1. The van der Waals surface area contributed by atoms with Crippen molar-refractivity contribution < 1.29 is 14.3 Å². The van der Waals surface area contributed by atoms with Gasteiger partial charge in [-0.25, -0.2) is 5.43 Å². The van der Waals surface area contributed by atoms with Gasteiger partial charge in [0.25, 0.3) is 5.91 Å². The summed E-state index contributed by atoms with van der Waals surface area (Å²) in [6, 6.07) is 32.6. The predicted molar refractivity (Wildman–Crippen MR) is 135 cm³/mol. The van der Waals surface area contributed by atoms with Crippen LogP contribution in [0.2, 0.25) is 5.02 Å². The summed E-state index contributed by atoms with van der Waals surface area (Å²) in [5.74, 6) is 1.02. The Morgan fingerprint density at radius 3 is 2.09 bits per heavy atom. The first-order valence-corrected chi connectivity index (χ1v) is 11.1. The van der Waals surface area contributed by atoms with Crippen LogP contribution in [0.15, 0.2) is 108 Å². The molecule has 0 atom stereocenters. The first-order valence-electron chi connectivity index (χ1n) is 10.7. The molecule has 0 aliphatic heterocycles. The molecule has 1 N–H and O–H groups in total. The summed E-state index contributed by atoms with van der Waals surface area (Å²) in [5, 5.41) is 4.68. The summed E-state index contributed by atoms with van der Waals surface area (Å²) < 4.78 is 11.3. The number of halogens is 1. The number of ether oxygens (including phenoxy) is 2. The molecule has 0 aliphatic carbocycles. The normalized spacial score (nSPS) is 10.7. The molecule has 6 heteroatoms. The molecule has 0 saturated carbocycles. The minimum absolute atomic E-state index is 0.125. The molecule has 0 aliphatic rings. The van der Waals surface area contributed by atoms with Crippen LogP contribution in [0.4, 0.5) is 0 Å². The van der Waals surface area contributed by atoms with E-state index >= 15 is 0 Å². The van der Waals surface area contributed by atoms with Crippen molar-refractivity contribution in [3.05, 3.63) is 119 Å². The van der Waals surface area contributed by atoms with Crippen molar-refractivity contribution in [1.29, 1.82) is 0 Å². The molecule has 4 aromatic rings. The van der Waals surface area contributed by atoms with E-state index in [4.69, 9.17) is 21.1 Å². The summed E-state index contributed by atoms with van der Waals surface area (Å²) in [6.07, 6.45) is 1.57. The molecule has 0 unspecified atom stereocenters. The van der Waals surface area contributed by atoms with Crippen LogP contribution >= 0.6 is 11.6 Å². The van der Waals surface area contributed by atoms with E-state index < -0.39 is 0 Å². The van der Waals surface area contributed by atoms with Gasteiger partial charge in [-0.3, -0.25) is 4.79 Å². The quantitative estimate of drug-likeness (QED) is 0.237. The monoisotopic (exact) mass is 470 g/mol. The Balaban J connectivity index is 1.19. The zero-order valence-corrected chi connectivity index (χ0v) is 19.1. The molecule has 0 fully saturated rings. The zero-order valence-electron chi connectivity index (χ0n) is 18.4. The zero-order chi connectivity index (χ0) is 23.6. The summed E-state index contributed by atoms with van der Waals surface area (Å²) in [7, 11) is 0.